The largest absolute Gasteiger partial charge is 0.337 e. The van der Waals surface area contributed by atoms with Crippen molar-refractivity contribution in [2.75, 3.05) is 0 Å². The lowest BCUT2D eigenvalue weighted by atomic mass is 9.94. The summed E-state index contributed by atoms with van der Waals surface area (Å²) >= 11 is 0. The molecule has 1 atom stereocenters. The molecule has 0 bridgehead atoms. The highest BCUT2D eigenvalue weighted by atomic mass is 15.2. The van der Waals surface area contributed by atoms with Crippen LogP contribution >= 0.6 is 0 Å². The average molecular weight is 667 g/mol. The number of para-hydroxylation sites is 3. The van der Waals surface area contributed by atoms with Crippen molar-refractivity contribution in [3.05, 3.63) is 164 Å². The Morgan fingerprint density at radius 2 is 1.15 bits per heavy atom. The third kappa shape index (κ3) is 4.34. The molecular formula is C48H34N4. The molecule has 52 heavy (non-hydrogen) atoms. The summed E-state index contributed by atoms with van der Waals surface area (Å²) in [4.78, 5) is 10.5. The van der Waals surface area contributed by atoms with E-state index in [2.05, 4.69) is 167 Å². The van der Waals surface area contributed by atoms with E-state index >= 15 is 0 Å². The lowest BCUT2D eigenvalue weighted by Crippen LogP contribution is -2.10. The molecule has 0 spiro atoms. The minimum atomic E-state index is 0.448. The first kappa shape index (κ1) is 29.2. The number of fused-ring (bicyclic) bond motifs is 9. The zero-order chi connectivity index (χ0) is 34.2. The normalized spacial score (nSPS) is 14.8. The maximum absolute atomic E-state index is 5.28. The molecule has 0 saturated carbocycles. The Morgan fingerprint density at radius 3 is 1.96 bits per heavy atom. The molecule has 3 aromatic heterocycles. The maximum Gasteiger partial charge on any atom is 0.235 e. The van der Waals surface area contributed by atoms with Crippen molar-refractivity contribution in [1.29, 1.82) is 0 Å². The molecule has 1 aliphatic carbocycles. The maximum atomic E-state index is 5.28. The van der Waals surface area contributed by atoms with Gasteiger partial charge in [-0.05, 0) is 72.2 Å². The van der Waals surface area contributed by atoms with Crippen molar-refractivity contribution in [2.24, 2.45) is 0 Å². The fraction of sp³-hybridized carbons (Fsp3) is 0.0833. The summed E-state index contributed by atoms with van der Waals surface area (Å²) in [7, 11) is 0. The quantitative estimate of drug-likeness (QED) is 0.175. The molecule has 246 valence electrons. The number of hydrogen-bond donors (Lipinski definition) is 0. The summed E-state index contributed by atoms with van der Waals surface area (Å²) in [5.74, 6) is 0.675. The van der Waals surface area contributed by atoms with Crippen LogP contribution in [0.5, 0.6) is 0 Å². The summed E-state index contributed by atoms with van der Waals surface area (Å²) in [6, 6.07) is 55.2. The van der Waals surface area contributed by atoms with Crippen LogP contribution in [0.25, 0.3) is 93.6 Å². The first-order valence-electron chi connectivity index (χ1n) is 18.3. The summed E-state index contributed by atoms with van der Waals surface area (Å²) < 4.78 is 4.88. The molecule has 0 aliphatic heterocycles. The topological polar surface area (TPSA) is 35.6 Å². The highest BCUT2D eigenvalue weighted by Crippen LogP contribution is 2.44. The molecule has 4 heteroatoms. The first-order valence-corrected chi connectivity index (χ1v) is 18.3. The molecule has 10 aromatic rings. The molecule has 0 radical (unpaired) electrons. The van der Waals surface area contributed by atoms with Gasteiger partial charge in [0.1, 0.15) is 0 Å². The van der Waals surface area contributed by atoms with Gasteiger partial charge in [-0.1, -0.05) is 127 Å². The SMILES string of the molecule is C1=CCC(n2c3ccccc3c3cc(-c4ccc5c(c4)c4ccccc4n5-c4nc(-c5ccccc5)c5ccccc5n4)c4ccccc4c32)CC1. The van der Waals surface area contributed by atoms with Gasteiger partial charge < -0.3 is 4.57 Å². The fourth-order valence-electron chi connectivity index (χ4n) is 8.82. The van der Waals surface area contributed by atoms with E-state index in [0.717, 1.165) is 52.5 Å². The van der Waals surface area contributed by atoms with E-state index in [1.807, 2.05) is 6.07 Å². The van der Waals surface area contributed by atoms with Crippen molar-refractivity contribution in [1.82, 2.24) is 19.1 Å². The van der Waals surface area contributed by atoms with Gasteiger partial charge in [-0.2, -0.15) is 0 Å². The Balaban J connectivity index is 1.17. The van der Waals surface area contributed by atoms with Gasteiger partial charge in [0.05, 0.1) is 27.8 Å². The molecule has 11 rings (SSSR count). The van der Waals surface area contributed by atoms with Crippen LogP contribution in [0.2, 0.25) is 0 Å². The summed E-state index contributed by atoms with van der Waals surface area (Å²) in [6.45, 7) is 0. The molecule has 1 aliphatic rings. The predicted molar refractivity (Wildman–Crippen MR) is 217 cm³/mol. The Labute approximate surface area is 300 Å². The smallest absolute Gasteiger partial charge is 0.235 e. The third-order valence-electron chi connectivity index (χ3n) is 11.1. The number of aromatic nitrogens is 4. The number of hydrogen-bond acceptors (Lipinski definition) is 2. The third-order valence-corrected chi connectivity index (χ3v) is 11.1. The zero-order valence-corrected chi connectivity index (χ0v) is 28.6. The van der Waals surface area contributed by atoms with Crippen LogP contribution in [0.1, 0.15) is 25.3 Å². The van der Waals surface area contributed by atoms with E-state index in [1.54, 1.807) is 0 Å². The molecular weight excluding hydrogens is 633 g/mol. The van der Waals surface area contributed by atoms with Crippen LogP contribution < -0.4 is 0 Å². The highest BCUT2D eigenvalue weighted by Gasteiger charge is 2.23. The molecule has 1 unspecified atom stereocenters. The standard InChI is InChI=1S/C48H34N4/c1-3-15-31(16-4-1)46-38-23-9-12-24-42(38)49-48(50-46)52-44-26-14-10-20-35(44)40-29-32(27-28-45(40)52)39-30-41-36-21-11-13-25-43(36)51(33-17-5-2-6-18-33)47(41)37-22-8-7-19-34(37)39/h1-5,7-16,19-30,33H,6,17-18H2. The van der Waals surface area contributed by atoms with Gasteiger partial charge in [0.25, 0.3) is 0 Å². The van der Waals surface area contributed by atoms with E-state index in [1.165, 1.54) is 54.5 Å². The molecule has 7 aromatic carbocycles. The Hall–Kier alpha value is -6.52. The second-order valence-corrected chi connectivity index (χ2v) is 14.0. The number of rotatable bonds is 4. The monoisotopic (exact) mass is 666 g/mol. The van der Waals surface area contributed by atoms with Gasteiger partial charge in [-0.25, -0.2) is 9.97 Å². The molecule has 4 nitrogen and oxygen atoms in total. The van der Waals surface area contributed by atoms with Crippen molar-refractivity contribution in [3.8, 4) is 28.3 Å². The van der Waals surface area contributed by atoms with Crippen LogP contribution in [0.15, 0.2) is 164 Å². The first-order chi connectivity index (χ1) is 25.8. The number of nitrogens with zero attached hydrogens (tertiary/aromatic N) is 4. The minimum Gasteiger partial charge on any atom is -0.337 e. The molecule has 0 saturated heterocycles. The van der Waals surface area contributed by atoms with Crippen LogP contribution in [0.3, 0.4) is 0 Å². The van der Waals surface area contributed by atoms with E-state index in [-0.39, 0.29) is 0 Å². The molecule has 0 amide bonds. The van der Waals surface area contributed by atoms with E-state index < -0.39 is 0 Å². The summed E-state index contributed by atoms with van der Waals surface area (Å²) in [6.07, 6.45) is 8.05. The summed E-state index contributed by atoms with van der Waals surface area (Å²) in [5, 5.41) is 8.64. The summed E-state index contributed by atoms with van der Waals surface area (Å²) in [5.41, 5.74) is 10.3. The second kappa shape index (κ2) is 11.5. The number of allylic oxidation sites excluding steroid dienone is 2. The number of benzene rings is 7. The van der Waals surface area contributed by atoms with E-state index in [9.17, 15) is 0 Å². The van der Waals surface area contributed by atoms with Crippen LogP contribution in [-0.4, -0.2) is 19.1 Å². The average Bonchev–Trinajstić information content (AvgIpc) is 3.73. The molecule has 3 heterocycles. The Bertz CT molecular complexity index is 3050. The van der Waals surface area contributed by atoms with Crippen molar-refractivity contribution in [3.63, 3.8) is 0 Å². The molecule has 0 N–H and O–H groups in total. The minimum absolute atomic E-state index is 0.448. The van der Waals surface area contributed by atoms with Gasteiger partial charge in [0.15, 0.2) is 0 Å². The van der Waals surface area contributed by atoms with Crippen molar-refractivity contribution in [2.45, 2.75) is 25.3 Å². The zero-order valence-electron chi connectivity index (χ0n) is 28.6. The van der Waals surface area contributed by atoms with Gasteiger partial charge in [-0.3, -0.25) is 4.57 Å². The van der Waals surface area contributed by atoms with Crippen molar-refractivity contribution >= 4 is 65.3 Å². The highest BCUT2D eigenvalue weighted by molar-refractivity contribution is 6.22. The van der Waals surface area contributed by atoms with Gasteiger partial charge >= 0.3 is 0 Å². The van der Waals surface area contributed by atoms with Crippen LogP contribution in [0.4, 0.5) is 0 Å². The van der Waals surface area contributed by atoms with Crippen LogP contribution in [-0.2, 0) is 0 Å². The predicted octanol–water partition coefficient (Wildman–Crippen LogP) is 12.6. The lowest BCUT2D eigenvalue weighted by Gasteiger charge is -2.23. The van der Waals surface area contributed by atoms with Gasteiger partial charge in [0, 0.05) is 49.4 Å². The Morgan fingerprint density at radius 1 is 0.481 bits per heavy atom. The molecule has 0 fully saturated rings. The second-order valence-electron chi connectivity index (χ2n) is 14.0. The lowest BCUT2D eigenvalue weighted by molar-refractivity contribution is 0.486. The van der Waals surface area contributed by atoms with Crippen molar-refractivity contribution < 1.29 is 0 Å². The fourth-order valence-corrected chi connectivity index (χ4v) is 8.82. The van der Waals surface area contributed by atoms with E-state index in [0.29, 0.717) is 12.0 Å². The van der Waals surface area contributed by atoms with Crippen LogP contribution in [0, 0.1) is 0 Å². The van der Waals surface area contributed by atoms with Gasteiger partial charge in [0.2, 0.25) is 5.95 Å². The van der Waals surface area contributed by atoms with E-state index in [4.69, 9.17) is 9.97 Å². The van der Waals surface area contributed by atoms with Gasteiger partial charge in [-0.15, -0.1) is 0 Å². The Kier molecular flexibility index (Phi) is 6.47.